The van der Waals surface area contributed by atoms with Crippen molar-refractivity contribution < 1.29 is 13.9 Å². The molecule has 2 aromatic heterocycles. The largest absolute Gasteiger partial charge is 0.490 e. The summed E-state index contributed by atoms with van der Waals surface area (Å²) in [5.74, 6) is 2.13. The summed E-state index contributed by atoms with van der Waals surface area (Å²) in [4.78, 5) is 18.3. The molecule has 0 aliphatic rings. The topological polar surface area (TPSA) is 78.9 Å². The lowest BCUT2D eigenvalue weighted by atomic mass is 10.2. The van der Waals surface area contributed by atoms with E-state index >= 15 is 0 Å². The number of para-hydroxylation sites is 2. The lowest BCUT2D eigenvalue weighted by Crippen LogP contribution is -2.20. The Morgan fingerprint density at radius 2 is 1.89 bits per heavy atom. The lowest BCUT2D eigenvalue weighted by molar-refractivity contribution is 0.201. The van der Waals surface area contributed by atoms with Crippen LogP contribution in [0, 0.1) is 3.57 Å². The molecule has 0 saturated heterocycles. The van der Waals surface area contributed by atoms with Crippen LogP contribution in [0.25, 0.3) is 33.5 Å². The Morgan fingerprint density at radius 1 is 1.11 bits per heavy atom. The van der Waals surface area contributed by atoms with Gasteiger partial charge in [0.25, 0.3) is 5.56 Å². The highest BCUT2D eigenvalue weighted by molar-refractivity contribution is 14.1. The van der Waals surface area contributed by atoms with Crippen molar-refractivity contribution in [1.29, 1.82) is 0 Å². The molecule has 0 saturated carbocycles. The molecule has 5 rings (SSSR count). The van der Waals surface area contributed by atoms with E-state index in [0.717, 1.165) is 20.9 Å². The SMILES string of the molecule is CCOc1cc(C=Nn2c(-c3cc4ccccc4o3)nc3ccccc3c2=O)cc(I)c1O[C@@H](C)CC. The highest BCUT2D eigenvalue weighted by Gasteiger charge is 2.17. The van der Waals surface area contributed by atoms with Crippen LogP contribution in [-0.2, 0) is 0 Å². The molecule has 0 aliphatic carbocycles. The number of nitrogens with zero attached hydrogens (tertiary/aromatic N) is 3. The maximum absolute atomic E-state index is 13.5. The van der Waals surface area contributed by atoms with Crippen molar-refractivity contribution in [3.05, 3.63) is 86.2 Å². The van der Waals surface area contributed by atoms with E-state index in [9.17, 15) is 4.79 Å². The summed E-state index contributed by atoms with van der Waals surface area (Å²) in [7, 11) is 0. The van der Waals surface area contributed by atoms with Crippen molar-refractivity contribution in [2.24, 2.45) is 5.10 Å². The molecule has 3 aromatic carbocycles. The highest BCUT2D eigenvalue weighted by Crippen LogP contribution is 2.35. The molecule has 0 unspecified atom stereocenters. The molecule has 0 radical (unpaired) electrons. The van der Waals surface area contributed by atoms with E-state index in [1.807, 2.05) is 74.5 Å². The van der Waals surface area contributed by atoms with Gasteiger partial charge in [-0.3, -0.25) is 4.79 Å². The molecule has 8 heteroatoms. The minimum Gasteiger partial charge on any atom is -0.490 e. The second kappa shape index (κ2) is 10.8. The number of benzene rings is 3. The van der Waals surface area contributed by atoms with E-state index < -0.39 is 0 Å². The van der Waals surface area contributed by atoms with E-state index in [0.29, 0.717) is 46.2 Å². The number of hydrogen-bond acceptors (Lipinski definition) is 6. The summed E-state index contributed by atoms with van der Waals surface area (Å²) in [5.41, 5.74) is 1.77. The number of furan rings is 1. The van der Waals surface area contributed by atoms with Crippen LogP contribution >= 0.6 is 22.6 Å². The van der Waals surface area contributed by atoms with Gasteiger partial charge in [-0.25, -0.2) is 4.98 Å². The van der Waals surface area contributed by atoms with Crippen molar-refractivity contribution in [1.82, 2.24) is 9.66 Å². The number of rotatable bonds is 8. The van der Waals surface area contributed by atoms with Crippen molar-refractivity contribution in [3.63, 3.8) is 0 Å². The van der Waals surface area contributed by atoms with Gasteiger partial charge in [0.15, 0.2) is 17.3 Å². The highest BCUT2D eigenvalue weighted by atomic mass is 127. The van der Waals surface area contributed by atoms with Crippen molar-refractivity contribution >= 4 is 50.7 Å². The van der Waals surface area contributed by atoms with E-state index in [4.69, 9.17) is 18.9 Å². The van der Waals surface area contributed by atoms with Crippen LogP contribution in [0.15, 0.2) is 81.0 Å². The minimum atomic E-state index is -0.284. The number of ether oxygens (including phenoxy) is 2. The molecule has 0 N–H and O–H groups in total. The molecule has 0 aliphatic heterocycles. The zero-order valence-electron chi connectivity index (χ0n) is 20.8. The van der Waals surface area contributed by atoms with E-state index in [1.54, 1.807) is 12.3 Å². The zero-order chi connectivity index (χ0) is 25.9. The molecule has 37 heavy (non-hydrogen) atoms. The number of halogens is 1. The molecule has 0 amide bonds. The minimum absolute atomic E-state index is 0.0563. The van der Waals surface area contributed by atoms with Gasteiger partial charge >= 0.3 is 0 Å². The predicted molar refractivity (Wildman–Crippen MR) is 155 cm³/mol. The molecular weight excluding hydrogens is 581 g/mol. The van der Waals surface area contributed by atoms with Gasteiger partial charge in [-0.1, -0.05) is 37.3 Å². The molecule has 7 nitrogen and oxygen atoms in total. The summed E-state index contributed by atoms with van der Waals surface area (Å²) in [6.07, 6.45) is 2.57. The van der Waals surface area contributed by atoms with E-state index in [2.05, 4.69) is 34.6 Å². The van der Waals surface area contributed by atoms with Crippen LogP contribution in [0.3, 0.4) is 0 Å². The molecule has 0 fully saturated rings. The molecule has 5 aromatic rings. The average Bonchev–Trinajstić information content (AvgIpc) is 3.34. The lowest BCUT2D eigenvalue weighted by Gasteiger charge is -2.18. The van der Waals surface area contributed by atoms with Gasteiger partial charge in [0.1, 0.15) is 5.58 Å². The standard InChI is InChI=1S/C29H26IN3O4/c1-4-18(3)36-27-22(30)14-19(15-25(27)35-5-2)17-31-33-28(26-16-20-10-6-9-13-24(20)37-26)32-23-12-8-7-11-21(23)29(33)34/h6-18H,4-5H2,1-3H3/t18-/m0/s1. The van der Waals surface area contributed by atoms with Crippen molar-refractivity contribution in [3.8, 4) is 23.1 Å². The number of hydrogen-bond donors (Lipinski definition) is 0. The van der Waals surface area contributed by atoms with E-state index in [-0.39, 0.29) is 11.7 Å². The van der Waals surface area contributed by atoms with Crippen molar-refractivity contribution in [2.45, 2.75) is 33.3 Å². The summed E-state index contributed by atoms with van der Waals surface area (Å²) in [5, 5.41) is 5.97. The Morgan fingerprint density at radius 3 is 2.68 bits per heavy atom. The van der Waals surface area contributed by atoms with Gasteiger partial charge in [-0.15, -0.1) is 0 Å². The first-order chi connectivity index (χ1) is 18.0. The van der Waals surface area contributed by atoms with Crippen LogP contribution in [0.1, 0.15) is 32.8 Å². The first-order valence-electron chi connectivity index (χ1n) is 12.2. The third kappa shape index (κ3) is 5.11. The summed E-state index contributed by atoms with van der Waals surface area (Å²) < 4.78 is 20.2. The smallest absolute Gasteiger partial charge is 0.282 e. The maximum atomic E-state index is 13.5. The van der Waals surface area contributed by atoms with Gasteiger partial charge in [0.2, 0.25) is 5.82 Å². The maximum Gasteiger partial charge on any atom is 0.282 e. The second-order valence-corrected chi connectivity index (χ2v) is 9.72. The second-order valence-electron chi connectivity index (χ2n) is 8.56. The van der Waals surface area contributed by atoms with Crippen LogP contribution in [0.5, 0.6) is 11.5 Å². The zero-order valence-corrected chi connectivity index (χ0v) is 22.9. The third-order valence-corrected chi connectivity index (χ3v) is 6.75. The summed E-state index contributed by atoms with van der Waals surface area (Å²) >= 11 is 2.23. The molecule has 1 atom stereocenters. The fourth-order valence-corrected chi connectivity index (χ4v) is 4.68. The molecular formula is C29H26IN3O4. The average molecular weight is 607 g/mol. The molecule has 0 spiro atoms. The number of aromatic nitrogens is 2. The van der Waals surface area contributed by atoms with Crippen LogP contribution in [0.4, 0.5) is 0 Å². The van der Waals surface area contributed by atoms with Gasteiger partial charge in [-0.05, 0) is 84.8 Å². The Labute approximate surface area is 227 Å². The predicted octanol–water partition coefficient (Wildman–Crippen LogP) is 6.87. The molecule has 0 bridgehead atoms. The monoisotopic (exact) mass is 607 g/mol. The fraction of sp³-hybridized carbons (Fsp3) is 0.207. The van der Waals surface area contributed by atoms with Crippen LogP contribution in [0.2, 0.25) is 0 Å². The molecule has 2 heterocycles. The summed E-state index contributed by atoms with van der Waals surface area (Å²) in [6, 6.07) is 20.6. The van der Waals surface area contributed by atoms with Crippen molar-refractivity contribution in [2.75, 3.05) is 6.61 Å². The Bertz CT molecular complexity index is 1640. The Hall–Kier alpha value is -3.66. The quantitative estimate of drug-likeness (QED) is 0.142. The van der Waals surface area contributed by atoms with Gasteiger partial charge in [0.05, 0.1) is 33.4 Å². The van der Waals surface area contributed by atoms with Crippen LogP contribution in [-0.4, -0.2) is 28.6 Å². The van der Waals surface area contributed by atoms with Gasteiger partial charge < -0.3 is 13.9 Å². The summed E-state index contributed by atoms with van der Waals surface area (Å²) in [6.45, 7) is 6.53. The van der Waals surface area contributed by atoms with Crippen LogP contribution < -0.4 is 15.0 Å². The third-order valence-electron chi connectivity index (χ3n) is 5.95. The van der Waals surface area contributed by atoms with Gasteiger partial charge in [0, 0.05) is 5.39 Å². The van der Waals surface area contributed by atoms with E-state index in [1.165, 1.54) is 4.68 Å². The van der Waals surface area contributed by atoms with Gasteiger partial charge in [-0.2, -0.15) is 9.78 Å². The normalized spacial score (nSPS) is 12.4. The molecule has 188 valence electrons. The number of fused-ring (bicyclic) bond motifs is 2. The Kier molecular flexibility index (Phi) is 7.27. The first-order valence-corrected chi connectivity index (χ1v) is 13.2. The fourth-order valence-electron chi connectivity index (χ4n) is 3.93. The first kappa shape index (κ1) is 25.0. The Balaban J connectivity index is 1.63.